The minimum atomic E-state index is 0.732. The summed E-state index contributed by atoms with van der Waals surface area (Å²) in [6.45, 7) is 2.88. The average molecular weight is 204 g/mol. The van der Waals surface area contributed by atoms with Gasteiger partial charge in [-0.15, -0.1) is 0 Å². The molecule has 1 fully saturated rings. The summed E-state index contributed by atoms with van der Waals surface area (Å²) in [5, 5.41) is 0. The minimum absolute atomic E-state index is 0.732. The van der Waals surface area contributed by atoms with Crippen molar-refractivity contribution in [2.24, 2.45) is 11.7 Å². The Morgan fingerprint density at radius 1 is 1.53 bits per heavy atom. The van der Waals surface area contributed by atoms with Gasteiger partial charge in [0.15, 0.2) is 0 Å². The van der Waals surface area contributed by atoms with Gasteiger partial charge < -0.3 is 5.73 Å². The Labute approximate surface area is 91.9 Å². The summed E-state index contributed by atoms with van der Waals surface area (Å²) in [5.41, 5.74) is 8.19. The molecule has 1 saturated carbocycles. The lowest BCUT2D eigenvalue weighted by atomic mass is 9.90. The molecule has 0 saturated heterocycles. The zero-order valence-corrected chi connectivity index (χ0v) is 9.45. The molecule has 2 nitrogen and oxygen atoms in total. The van der Waals surface area contributed by atoms with Gasteiger partial charge in [-0.2, -0.15) is 0 Å². The first-order valence-corrected chi connectivity index (χ1v) is 5.94. The highest BCUT2D eigenvalue weighted by Crippen LogP contribution is 2.44. The highest BCUT2D eigenvalue weighted by molar-refractivity contribution is 5.22. The van der Waals surface area contributed by atoms with Gasteiger partial charge in [0.1, 0.15) is 0 Å². The Bertz CT molecular complexity index is 318. The van der Waals surface area contributed by atoms with E-state index in [2.05, 4.69) is 24.0 Å². The number of nitrogens with zero attached hydrogens (tertiary/aromatic N) is 1. The van der Waals surface area contributed by atoms with Crippen molar-refractivity contribution >= 4 is 0 Å². The third-order valence-electron chi connectivity index (χ3n) is 3.26. The maximum Gasteiger partial charge on any atom is 0.0375 e. The predicted octanol–water partition coefficient (Wildman–Crippen LogP) is 2.62. The van der Waals surface area contributed by atoms with E-state index in [9.17, 15) is 0 Å². The maximum absolute atomic E-state index is 5.59. The third kappa shape index (κ3) is 2.78. The monoisotopic (exact) mass is 204 g/mol. The third-order valence-corrected chi connectivity index (χ3v) is 3.26. The van der Waals surface area contributed by atoms with Crippen molar-refractivity contribution in [3.63, 3.8) is 0 Å². The van der Waals surface area contributed by atoms with E-state index in [1.807, 2.05) is 6.20 Å². The Kier molecular flexibility index (Phi) is 3.37. The van der Waals surface area contributed by atoms with Crippen LogP contribution in [0.5, 0.6) is 0 Å². The van der Waals surface area contributed by atoms with E-state index in [-0.39, 0.29) is 0 Å². The number of nitrogens with two attached hydrogens (primary N) is 1. The second-order valence-corrected chi connectivity index (χ2v) is 4.61. The van der Waals surface area contributed by atoms with Crippen LogP contribution >= 0.6 is 0 Å². The fourth-order valence-electron chi connectivity index (χ4n) is 2.31. The second-order valence-electron chi connectivity index (χ2n) is 4.61. The summed E-state index contributed by atoms with van der Waals surface area (Å²) in [7, 11) is 0. The van der Waals surface area contributed by atoms with Crippen LogP contribution in [0.15, 0.2) is 18.3 Å². The molecule has 0 spiro atoms. The number of hydrogen-bond acceptors (Lipinski definition) is 2. The van der Waals surface area contributed by atoms with Crippen LogP contribution in [-0.2, 0) is 0 Å². The van der Waals surface area contributed by atoms with E-state index >= 15 is 0 Å². The first-order valence-electron chi connectivity index (χ1n) is 5.94. The number of hydrogen-bond donors (Lipinski definition) is 1. The zero-order chi connectivity index (χ0) is 10.7. The van der Waals surface area contributed by atoms with Crippen LogP contribution in [0, 0.1) is 12.8 Å². The number of pyridine rings is 1. The van der Waals surface area contributed by atoms with Gasteiger partial charge in [0, 0.05) is 11.9 Å². The molecule has 0 aliphatic heterocycles. The van der Waals surface area contributed by atoms with Gasteiger partial charge >= 0.3 is 0 Å². The van der Waals surface area contributed by atoms with Crippen molar-refractivity contribution in [2.75, 3.05) is 6.54 Å². The van der Waals surface area contributed by atoms with E-state index in [0.29, 0.717) is 0 Å². The van der Waals surface area contributed by atoms with Gasteiger partial charge in [-0.05, 0) is 68.7 Å². The van der Waals surface area contributed by atoms with Crippen molar-refractivity contribution in [1.29, 1.82) is 0 Å². The van der Waals surface area contributed by atoms with Crippen LogP contribution in [0.2, 0.25) is 0 Å². The molecule has 0 radical (unpaired) electrons. The molecule has 0 aromatic carbocycles. The molecule has 2 rings (SSSR count). The lowest BCUT2D eigenvalue weighted by Gasteiger charge is -2.16. The molecular weight excluding hydrogens is 184 g/mol. The van der Waals surface area contributed by atoms with Gasteiger partial charge in [0.25, 0.3) is 0 Å². The van der Waals surface area contributed by atoms with E-state index in [4.69, 9.17) is 5.73 Å². The first-order chi connectivity index (χ1) is 7.31. The largest absolute Gasteiger partial charge is 0.330 e. The Balaban J connectivity index is 2.09. The van der Waals surface area contributed by atoms with Crippen LogP contribution < -0.4 is 5.73 Å². The quantitative estimate of drug-likeness (QED) is 0.800. The second kappa shape index (κ2) is 4.75. The molecule has 1 aromatic rings. The molecule has 1 atom stereocenters. The molecule has 82 valence electrons. The van der Waals surface area contributed by atoms with Crippen molar-refractivity contribution < 1.29 is 0 Å². The lowest BCUT2D eigenvalue weighted by Crippen LogP contribution is -2.06. The molecule has 0 bridgehead atoms. The van der Waals surface area contributed by atoms with Crippen LogP contribution in [0.1, 0.15) is 42.9 Å². The summed E-state index contributed by atoms with van der Waals surface area (Å²) in [6, 6.07) is 4.41. The molecule has 1 heterocycles. The van der Waals surface area contributed by atoms with E-state index in [1.54, 1.807) is 0 Å². The fourth-order valence-corrected chi connectivity index (χ4v) is 2.31. The van der Waals surface area contributed by atoms with E-state index in [1.165, 1.54) is 24.8 Å². The summed E-state index contributed by atoms with van der Waals surface area (Å²) in [4.78, 5) is 4.26. The molecule has 1 aliphatic rings. The van der Waals surface area contributed by atoms with Gasteiger partial charge in [-0.3, -0.25) is 4.98 Å². The van der Waals surface area contributed by atoms with Gasteiger partial charge in [-0.25, -0.2) is 0 Å². The predicted molar refractivity (Wildman–Crippen MR) is 62.7 cm³/mol. The van der Waals surface area contributed by atoms with Crippen LogP contribution in [0.3, 0.4) is 0 Å². The van der Waals surface area contributed by atoms with Crippen molar-refractivity contribution in [3.8, 4) is 0 Å². The highest BCUT2D eigenvalue weighted by Gasteiger charge is 2.31. The summed E-state index contributed by atoms with van der Waals surface area (Å²) in [5.74, 6) is 1.65. The molecule has 1 aromatic heterocycles. The van der Waals surface area contributed by atoms with E-state index < -0.39 is 0 Å². The number of rotatable bonds is 5. The van der Waals surface area contributed by atoms with E-state index in [0.717, 1.165) is 30.5 Å². The highest BCUT2D eigenvalue weighted by atomic mass is 14.6. The summed E-state index contributed by atoms with van der Waals surface area (Å²) in [6.07, 6.45) is 7.11. The molecule has 1 unspecified atom stereocenters. The molecule has 1 aliphatic carbocycles. The Morgan fingerprint density at radius 2 is 2.33 bits per heavy atom. The minimum Gasteiger partial charge on any atom is -0.330 e. The number of aromatic nitrogens is 1. The normalized spacial score (nSPS) is 17.7. The van der Waals surface area contributed by atoms with Gasteiger partial charge in [-0.1, -0.05) is 0 Å². The lowest BCUT2D eigenvalue weighted by molar-refractivity contribution is 0.538. The molecular formula is C13H20N2. The van der Waals surface area contributed by atoms with Crippen LogP contribution in [0.25, 0.3) is 0 Å². The topological polar surface area (TPSA) is 38.9 Å². The fraction of sp³-hybridized carbons (Fsp3) is 0.615. The zero-order valence-electron chi connectivity index (χ0n) is 9.45. The summed E-state index contributed by atoms with van der Waals surface area (Å²) < 4.78 is 0. The maximum atomic E-state index is 5.59. The summed E-state index contributed by atoms with van der Waals surface area (Å²) >= 11 is 0. The SMILES string of the molecule is Cc1cc(C(CCCN)C2CC2)ccn1. The van der Waals surface area contributed by atoms with Crippen molar-refractivity contribution in [3.05, 3.63) is 29.6 Å². The Morgan fingerprint density at radius 3 is 2.93 bits per heavy atom. The molecule has 15 heavy (non-hydrogen) atoms. The van der Waals surface area contributed by atoms with Crippen molar-refractivity contribution in [1.82, 2.24) is 4.98 Å². The van der Waals surface area contributed by atoms with Crippen LogP contribution in [-0.4, -0.2) is 11.5 Å². The molecule has 0 amide bonds. The molecule has 2 heteroatoms. The number of aryl methyl sites for hydroxylation is 1. The standard InChI is InChI=1S/C13H20N2/c1-10-9-12(6-8-15-10)13(3-2-7-14)11-4-5-11/h6,8-9,11,13H,2-5,7,14H2,1H3. The van der Waals surface area contributed by atoms with Crippen molar-refractivity contribution in [2.45, 2.75) is 38.5 Å². The van der Waals surface area contributed by atoms with Gasteiger partial charge in [0.2, 0.25) is 0 Å². The van der Waals surface area contributed by atoms with Gasteiger partial charge in [0.05, 0.1) is 0 Å². The molecule has 2 N–H and O–H groups in total. The van der Waals surface area contributed by atoms with Crippen LogP contribution in [0.4, 0.5) is 0 Å². The first kappa shape index (κ1) is 10.6. The average Bonchev–Trinajstić information content (AvgIpc) is 3.03. The Hall–Kier alpha value is -0.890. The smallest absolute Gasteiger partial charge is 0.0375 e.